The minimum atomic E-state index is -0.0791. The van der Waals surface area contributed by atoms with Crippen molar-refractivity contribution >= 4 is 5.97 Å². The molecule has 2 saturated carbocycles. The first-order chi connectivity index (χ1) is 11.8. The second kappa shape index (κ2) is 11.5. The molecule has 2 rings (SSSR count). The van der Waals surface area contributed by atoms with Crippen LogP contribution in [-0.4, -0.2) is 13.1 Å². The van der Waals surface area contributed by atoms with E-state index in [2.05, 4.69) is 29.0 Å². The zero-order valence-electron chi connectivity index (χ0n) is 15.6. The van der Waals surface area contributed by atoms with Gasteiger partial charge in [-0.2, -0.15) is 0 Å². The molecule has 2 heteroatoms. The number of rotatable bonds is 12. The van der Waals surface area contributed by atoms with Crippen molar-refractivity contribution in [2.24, 2.45) is 17.8 Å². The maximum absolute atomic E-state index is 11.0. The molecule has 0 spiro atoms. The number of carbonyl (C=O) groups is 1. The molecule has 2 nitrogen and oxygen atoms in total. The van der Waals surface area contributed by atoms with Gasteiger partial charge in [0.2, 0.25) is 0 Å². The van der Waals surface area contributed by atoms with Gasteiger partial charge in [-0.1, -0.05) is 50.0 Å². The highest BCUT2D eigenvalue weighted by atomic mass is 16.5. The number of allylic oxidation sites excluding steroid dienone is 4. The predicted molar refractivity (Wildman–Crippen MR) is 101 cm³/mol. The van der Waals surface area contributed by atoms with Crippen molar-refractivity contribution in [2.45, 2.75) is 83.5 Å². The molecule has 0 N–H and O–H groups in total. The smallest absolute Gasteiger partial charge is 0.305 e. The van der Waals surface area contributed by atoms with Gasteiger partial charge in [-0.15, -0.1) is 0 Å². The standard InChI is InChI=1S/C22H36O2/c1-24-22(23)16-9-4-2-3-7-12-20-14-10-15-21(20)13-8-5-6-11-19-17-18-19/h5,7-8,12,19-21H,2-4,6,9-11,13-18H2,1H3/t20-,21-/m0/s1. The van der Waals surface area contributed by atoms with Crippen LogP contribution < -0.4 is 0 Å². The summed E-state index contributed by atoms with van der Waals surface area (Å²) in [5.41, 5.74) is 0. The zero-order chi connectivity index (χ0) is 17.0. The van der Waals surface area contributed by atoms with Gasteiger partial charge in [0, 0.05) is 6.42 Å². The highest BCUT2D eigenvalue weighted by molar-refractivity contribution is 5.68. The van der Waals surface area contributed by atoms with Crippen LogP contribution in [0.5, 0.6) is 0 Å². The van der Waals surface area contributed by atoms with Crippen LogP contribution in [0.4, 0.5) is 0 Å². The SMILES string of the molecule is COC(=O)CCCCCC=C[C@H]1CCC[C@@H]1CC=CCCC1CC1. The first-order valence-electron chi connectivity index (χ1n) is 10.2. The molecule has 2 fully saturated rings. The number of ether oxygens (including phenoxy) is 1. The number of hydrogen-bond donors (Lipinski definition) is 0. The first-order valence-corrected chi connectivity index (χ1v) is 10.2. The summed E-state index contributed by atoms with van der Waals surface area (Å²) in [6, 6.07) is 0. The Morgan fingerprint density at radius 2 is 1.88 bits per heavy atom. The molecular weight excluding hydrogens is 296 g/mol. The summed E-state index contributed by atoms with van der Waals surface area (Å²) in [6.07, 6.45) is 25.9. The first kappa shape index (κ1) is 19.3. The molecule has 0 aliphatic heterocycles. The van der Waals surface area contributed by atoms with Crippen molar-refractivity contribution in [1.29, 1.82) is 0 Å². The lowest BCUT2D eigenvalue weighted by Crippen LogP contribution is -2.03. The van der Waals surface area contributed by atoms with Gasteiger partial charge in [-0.3, -0.25) is 4.79 Å². The molecule has 2 atom stereocenters. The Morgan fingerprint density at radius 1 is 1.00 bits per heavy atom. The molecular formula is C22H36O2. The second-order valence-corrected chi connectivity index (χ2v) is 7.69. The molecule has 0 aromatic rings. The van der Waals surface area contributed by atoms with E-state index in [4.69, 9.17) is 0 Å². The fourth-order valence-corrected chi connectivity index (χ4v) is 3.82. The van der Waals surface area contributed by atoms with E-state index in [0.29, 0.717) is 6.42 Å². The van der Waals surface area contributed by atoms with Gasteiger partial charge in [0.05, 0.1) is 7.11 Å². The van der Waals surface area contributed by atoms with Gasteiger partial charge >= 0.3 is 5.97 Å². The molecule has 0 aromatic heterocycles. The third-order valence-electron chi connectivity index (χ3n) is 5.62. The number of carbonyl (C=O) groups excluding carboxylic acids is 1. The lowest BCUT2D eigenvalue weighted by atomic mass is 9.92. The molecule has 136 valence electrons. The van der Waals surface area contributed by atoms with Crippen molar-refractivity contribution in [1.82, 2.24) is 0 Å². The monoisotopic (exact) mass is 332 g/mol. The van der Waals surface area contributed by atoms with E-state index < -0.39 is 0 Å². The van der Waals surface area contributed by atoms with E-state index in [-0.39, 0.29) is 5.97 Å². The lowest BCUT2D eigenvalue weighted by Gasteiger charge is -2.14. The summed E-state index contributed by atoms with van der Waals surface area (Å²) in [5, 5.41) is 0. The molecule has 0 aromatic carbocycles. The molecule has 0 heterocycles. The Hall–Kier alpha value is -1.05. The van der Waals surface area contributed by atoms with Crippen LogP contribution in [0.2, 0.25) is 0 Å². The summed E-state index contributed by atoms with van der Waals surface area (Å²) in [4.78, 5) is 11.0. The normalized spacial score (nSPS) is 24.2. The van der Waals surface area contributed by atoms with Crippen LogP contribution in [0.1, 0.15) is 83.5 Å². The molecule has 24 heavy (non-hydrogen) atoms. The maximum atomic E-state index is 11.0. The average Bonchev–Trinajstić information content (AvgIpc) is 3.31. The van der Waals surface area contributed by atoms with Crippen molar-refractivity contribution < 1.29 is 9.53 Å². The van der Waals surface area contributed by atoms with Crippen LogP contribution in [0, 0.1) is 17.8 Å². The van der Waals surface area contributed by atoms with Crippen LogP contribution in [0.15, 0.2) is 24.3 Å². The van der Waals surface area contributed by atoms with Gasteiger partial charge in [-0.05, 0) is 69.1 Å². The van der Waals surface area contributed by atoms with E-state index in [9.17, 15) is 4.79 Å². The predicted octanol–water partition coefficient (Wildman–Crippen LogP) is 6.22. The average molecular weight is 333 g/mol. The Balaban J connectivity index is 1.52. The van der Waals surface area contributed by atoms with Gasteiger partial charge in [0.25, 0.3) is 0 Å². The fraction of sp³-hybridized carbons (Fsp3) is 0.773. The summed E-state index contributed by atoms with van der Waals surface area (Å²) >= 11 is 0. The van der Waals surface area contributed by atoms with Gasteiger partial charge < -0.3 is 4.74 Å². The van der Waals surface area contributed by atoms with E-state index in [1.54, 1.807) is 0 Å². The van der Waals surface area contributed by atoms with E-state index in [0.717, 1.165) is 37.0 Å². The van der Waals surface area contributed by atoms with E-state index >= 15 is 0 Å². The summed E-state index contributed by atoms with van der Waals surface area (Å²) < 4.78 is 4.66. The quantitative estimate of drug-likeness (QED) is 0.241. The van der Waals surface area contributed by atoms with Crippen molar-refractivity contribution in [3.05, 3.63) is 24.3 Å². The Bertz CT molecular complexity index is 406. The van der Waals surface area contributed by atoms with Crippen molar-refractivity contribution in [2.75, 3.05) is 7.11 Å². The summed E-state index contributed by atoms with van der Waals surface area (Å²) in [7, 11) is 1.46. The maximum Gasteiger partial charge on any atom is 0.305 e. The lowest BCUT2D eigenvalue weighted by molar-refractivity contribution is -0.140. The van der Waals surface area contributed by atoms with Crippen molar-refractivity contribution in [3.8, 4) is 0 Å². The van der Waals surface area contributed by atoms with E-state index in [1.807, 2.05) is 0 Å². The van der Waals surface area contributed by atoms with Gasteiger partial charge in [-0.25, -0.2) is 0 Å². The number of hydrogen-bond acceptors (Lipinski definition) is 2. The molecule has 0 bridgehead atoms. The van der Waals surface area contributed by atoms with E-state index in [1.165, 1.54) is 64.9 Å². The zero-order valence-corrected chi connectivity index (χ0v) is 15.6. The molecule has 0 amide bonds. The van der Waals surface area contributed by atoms with Crippen molar-refractivity contribution in [3.63, 3.8) is 0 Å². The van der Waals surface area contributed by atoms with Gasteiger partial charge in [0.1, 0.15) is 0 Å². The molecule has 0 saturated heterocycles. The third-order valence-corrected chi connectivity index (χ3v) is 5.62. The summed E-state index contributed by atoms with van der Waals surface area (Å²) in [5.74, 6) is 2.65. The molecule has 0 radical (unpaired) electrons. The van der Waals surface area contributed by atoms with Crippen LogP contribution in [0.3, 0.4) is 0 Å². The second-order valence-electron chi connectivity index (χ2n) is 7.69. The number of methoxy groups -OCH3 is 1. The Labute approximate surface area is 148 Å². The number of unbranched alkanes of at least 4 members (excludes halogenated alkanes) is 3. The molecule has 2 aliphatic carbocycles. The molecule has 0 unspecified atom stereocenters. The fourth-order valence-electron chi connectivity index (χ4n) is 3.82. The van der Waals surface area contributed by atoms with Gasteiger partial charge in [0.15, 0.2) is 0 Å². The van der Waals surface area contributed by atoms with Crippen LogP contribution in [0.25, 0.3) is 0 Å². The summed E-state index contributed by atoms with van der Waals surface area (Å²) in [6.45, 7) is 0. The number of esters is 1. The minimum absolute atomic E-state index is 0.0791. The Morgan fingerprint density at radius 3 is 2.67 bits per heavy atom. The van der Waals surface area contributed by atoms with Crippen LogP contribution in [-0.2, 0) is 9.53 Å². The molecule has 2 aliphatic rings. The topological polar surface area (TPSA) is 26.3 Å². The highest BCUT2D eigenvalue weighted by Gasteiger charge is 2.23. The largest absolute Gasteiger partial charge is 0.469 e. The highest BCUT2D eigenvalue weighted by Crippen LogP contribution is 2.36. The Kier molecular flexibility index (Phi) is 9.23. The minimum Gasteiger partial charge on any atom is -0.469 e. The van der Waals surface area contributed by atoms with Crippen LogP contribution >= 0.6 is 0 Å². The third kappa shape index (κ3) is 8.17.